The van der Waals surface area contributed by atoms with Crippen molar-refractivity contribution in [1.29, 1.82) is 0 Å². The molecular weight excluding hydrogens is 394 g/mol. The van der Waals surface area contributed by atoms with Gasteiger partial charge in [0.1, 0.15) is 18.8 Å². The molecule has 1 heterocycles. The molecule has 4 amide bonds. The van der Waals surface area contributed by atoms with Gasteiger partial charge < -0.3 is 24.8 Å². The molecule has 30 heavy (non-hydrogen) atoms. The Balaban J connectivity index is 1.49. The van der Waals surface area contributed by atoms with Gasteiger partial charge in [0, 0.05) is 18.7 Å². The highest BCUT2D eigenvalue weighted by Gasteiger charge is 2.42. The summed E-state index contributed by atoms with van der Waals surface area (Å²) in [6.45, 7) is 1.57. The molecular formula is C20H25N3O7. The maximum Gasteiger partial charge on any atom is 0.332 e. The van der Waals surface area contributed by atoms with Crippen LogP contribution in [0.15, 0.2) is 18.2 Å². The number of nitrogens with one attached hydrogen (secondary N) is 3. The Morgan fingerprint density at radius 3 is 2.43 bits per heavy atom. The number of carbonyl (C=O) groups excluding carboxylic acids is 4. The summed E-state index contributed by atoms with van der Waals surface area (Å²) in [5.41, 5.74) is -0.703. The molecule has 1 fully saturated rings. The maximum atomic E-state index is 12.5. The van der Waals surface area contributed by atoms with E-state index in [4.69, 9.17) is 14.2 Å². The second-order valence-electron chi connectivity index (χ2n) is 7.26. The van der Waals surface area contributed by atoms with Crippen LogP contribution in [0.25, 0.3) is 0 Å². The Hall–Kier alpha value is -3.30. The van der Waals surface area contributed by atoms with E-state index in [2.05, 4.69) is 16.0 Å². The molecule has 1 saturated carbocycles. The van der Waals surface area contributed by atoms with Gasteiger partial charge in [-0.05, 0) is 25.0 Å². The third-order valence-corrected chi connectivity index (χ3v) is 4.90. The fourth-order valence-electron chi connectivity index (χ4n) is 3.59. The lowest BCUT2D eigenvalue weighted by Gasteiger charge is -2.35. The molecule has 1 aromatic rings. The number of benzene rings is 1. The standard InChI is InChI=1S/C20H25N3O7/c1-13(24)23-20(7-3-2-4-8-20)18(26)30-12-17(25)22-19(27)21-14-5-6-15-16(11-14)29-10-9-28-15/h5-6,11H,2-4,7-10,12H2,1H3,(H,23,24)(H2,21,22,25,27). The molecule has 0 radical (unpaired) electrons. The maximum absolute atomic E-state index is 12.5. The van der Waals surface area contributed by atoms with E-state index >= 15 is 0 Å². The zero-order valence-electron chi connectivity index (χ0n) is 16.7. The highest BCUT2D eigenvalue weighted by atomic mass is 16.6. The average molecular weight is 419 g/mol. The number of urea groups is 1. The van der Waals surface area contributed by atoms with Gasteiger partial charge in [-0.25, -0.2) is 9.59 Å². The number of carbonyl (C=O) groups is 4. The molecule has 1 aliphatic heterocycles. The van der Waals surface area contributed by atoms with Crippen LogP contribution >= 0.6 is 0 Å². The minimum Gasteiger partial charge on any atom is -0.486 e. The van der Waals surface area contributed by atoms with Crippen molar-refractivity contribution >= 4 is 29.5 Å². The second-order valence-corrected chi connectivity index (χ2v) is 7.26. The Kier molecular flexibility index (Phi) is 6.76. The zero-order chi connectivity index (χ0) is 21.6. The molecule has 0 unspecified atom stereocenters. The van der Waals surface area contributed by atoms with E-state index in [9.17, 15) is 19.2 Å². The summed E-state index contributed by atoms with van der Waals surface area (Å²) in [5.74, 6) is -0.717. The van der Waals surface area contributed by atoms with Crippen LogP contribution < -0.4 is 25.4 Å². The Morgan fingerprint density at radius 1 is 1.03 bits per heavy atom. The van der Waals surface area contributed by atoms with Crippen molar-refractivity contribution in [3.05, 3.63) is 18.2 Å². The minimum atomic E-state index is -1.11. The zero-order valence-corrected chi connectivity index (χ0v) is 16.7. The molecule has 2 aliphatic rings. The van der Waals surface area contributed by atoms with E-state index in [0.717, 1.165) is 19.3 Å². The molecule has 0 atom stereocenters. The molecule has 0 bridgehead atoms. The number of anilines is 1. The molecule has 10 heteroatoms. The predicted molar refractivity (Wildman–Crippen MR) is 105 cm³/mol. The van der Waals surface area contributed by atoms with Crippen LogP contribution in [-0.2, 0) is 19.1 Å². The molecule has 1 aliphatic carbocycles. The summed E-state index contributed by atoms with van der Waals surface area (Å²) in [6, 6.07) is 4.07. The Morgan fingerprint density at radius 2 is 1.73 bits per heavy atom. The van der Waals surface area contributed by atoms with Crippen LogP contribution in [0.1, 0.15) is 39.0 Å². The number of ether oxygens (including phenoxy) is 3. The van der Waals surface area contributed by atoms with Gasteiger partial charge in [-0.2, -0.15) is 0 Å². The number of hydrogen-bond donors (Lipinski definition) is 3. The molecule has 0 aromatic heterocycles. The first-order valence-electron chi connectivity index (χ1n) is 9.84. The lowest BCUT2D eigenvalue weighted by molar-refractivity contribution is -0.158. The van der Waals surface area contributed by atoms with Crippen LogP contribution in [-0.4, -0.2) is 49.2 Å². The van der Waals surface area contributed by atoms with Gasteiger partial charge in [-0.15, -0.1) is 0 Å². The molecule has 1 aromatic carbocycles. The summed E-state index contributed by atoms with van der Waals surface area (Å²) >= 11 is 0. The fraction of sp³-hybridized carbons (Fsp3) is 0.500. The van der Waals surface area contributed by atoms with Crippen molar-refractivity contribution in [1.82, 2.24) is 10.6 Å². The van der Waals surface area contributed by atoms with Gasteiger partial charge >= 0.3 is 12.0 Å². The summed E-state index contributed by atoms with van der Waals surface area (Å²) in [6.07, 6.45) is 3.43. The third kappa shape index (κ3) is 5.40. The highest BCUT2D eigenvalue weighted by molar-refractivity contribution is 6.02. The van der Waals surface area contributed by atoms with Crippen molar-refractivity contribution in [2.24, 2.45) is 0 Å². The quantitative estimate of drug-likeness (QED) is 0.616. The predicted octanol–water partition coefficient (Wildman–Crippen LogP) is 1.49. The monoisotopic (exact) mass is 419 g/mol. The van der Waals surface area contributed by atoms with E-state index in [-0.39, 0.29) is 5.91 Å². The summed E-state index contributed by atoms with van der Waals surface area (Å²) in [4.78, 5) is 48.1. The number of rotatable bonds is 5. The van der Waals surface area contributed by atoms with Gasteiger partial charge in [-0.3, -0.25) is 14.9 Å². The van der Waals surface area contributed by atoms with Gasteiger partial charge in [0.2, 0.25) is 5.91 Å². The highest BCUT2D eigenvalue weighted by Crippen LogP contribution is 2.32. The lowest BCUT2D eigenvalue weighted by atomic mass is 9.81. The normalized spacial score (nSPS) is 16.7. The number of esters is 1. The first kappa shape index (κ1) is 21.4. The van der Waals surface area contributed by atoms with Crippen LogP contribution in [0.4, 0.5) is 10.5 Å². The van der Waals surface area contributed by atoms with Gasteiger partial charge in [0.05, 0.1) is 0 Å². The SMILES string of the molecule is CC(=O)NC1(C(=O)OCC(=O)NC(=O)Nc2ccc3c(c2)OCCO3)CCCCC1. The summed E-state index contributed by atoms with van der Waals surface area (Å²) in [5, 5.41) is 7.27. The van der Waals surface area contributed by atoms with Crippen LogP contribution in [0, 0.1) is 0 Å². The van der Waals surface area contributed by atoms with E-state index in [1.807, 2.05) is 0 Å². The van der Waals surface area contributed by atoms with Crippen LogP contribution in [0.3, 0.4) is 0 Å². The average Bonchev–Trinajstić information content (AvgIpc) is 2.72. The summed E-state index contributed by atoms with van der Waals surface area (Å²) < 4.78 is 15.9. The van der Waals surface area contributed by atoms with Gasteiger partial charge in [0.25, 0.3) is 5.91 Å². The molecule has 162 valence electrons. The largest absolute Gasteiger partial charge is 0.486 e. The number of hydrogen-bond acceptors (Lipinski definition) is 7. The first-order chi connectivity index (χ1) is 14.4. The molecule has 3 N–H and O–H groups in total. The third-order valence-electron chi connectivity index (χ3n) is 4.90. The second kappa shape index (κ2) is 9.47. The molecule has 10 nitrogen and oxygen atoms in total. The van der Waals surface area contributed by atoms with Crippen LogP contribution in [0.5, 0.6) is 11.5 Å². The van der Waals surface area contributed by atoms with E-state index in [1.54, 1.807) is 18.2 Å². The fourth-order valence-corrected chi connectivity index (χ4v) is 3.59. The lowest BCUT2D eigenvalue weighted by Crippen LogP contribution is -2.56. The molecule has 0 saturated heterocycles. The first-order valence-corrected chi connectivity index (χ1v) is 9.84. The van der Waals surface area contributed by atoms with Gasteiger partial charge in [0.15, 0.2) is 18.1 Å². The number of amides is 4. The smallest absolute Gasteiger partial charge is 0.332 e. The van der Waals surface area contributed by atoms with Crippen molar-refractivity contribution in [3.63, 3.8) is 0 Å². The Labute approximate surface area is 173 Å². The van der Waals surface area contributed by atoms with Crippen LogP contribution in [0.2, 0.25) is 0 Å². The summed E-state index contributed by atoms with van der Waals surface area (Å²) in [7, 11) is 0. The number of fused-ring (bicyclic) bond motifs is 1. The van der Waals surface area contributed by atoms with Crippen molar-refractivity contribution in [2.75, 3.05) is 25.1 Å². The van der Waals surface area contributed by atoms with E-state index in [1.165, 1.54) is 6.92 Å². The minimum absolute atomic E-state index is 0.336. The van der Waals surface area contributed by atoms with E-state index in [0.29, 0.717) is 43.2 Å². The molecule has 3 rings (SSSR count). The molecule has 0 spiro atoms. The van der Waals surface area contributed by atoms with Gasteiger partial charge in [-0.1, -0.05) is 19.3 Å². The Bertz CT molecular complexity index is 834. The van der Waals surface area contributed by atoms with Crippen molar-refractivity contribution in [3.8, 4) is 11.5 Å². The number of imide groups is 1. The van der Waals surface area contributed by atoms with Crippen molar-refractivity contribution in [2.45, 2.75) is 44.6 Å². The van der Waals surface area contributed by atoms with Crippen molar-refractivity contribution < 1.29 is 33.4 Å². The topological polar surface area (TPSA) is 132 Å². The van der Waals surface area contributed by atoms with E-state index < -0.39 is 30.1 Å².